The molecule has 1 atom stereocenters. The average molecular weight is 369 g/mol. The van der Waals surface area contributed by atoms with Gasteiger partial charge < -0.3 is 19.4 Å². The summed E-state index contributed by atoms with van der Waals surface area (Å²) in [7, 11) is 4.97. The van der Waals surface area contributed by atoms with Crippen molar-refractivity contribution in [1.82, 2.24) is 14.5 Å². The van der Waals surface area contributed by atoms with Crippen LogP contribution in [0.4, 0.5) is 11.5 Å². The molecule has 0 radical (unpaired) electrons. The highest BCUT2D eigenvalue weighted by Gasteiger charge is 2.24. The van der Waals surface area contributed by atoms with Crippen molar-refractivity contribution < 1.29 is 14.4 Å². The van der Waals surface area contributed by atoms with Crippen molar-refractivity contribution in [2.75, 3.05) is 19.5 Å². The highest BCUT2D eigenvalue weighted by molar-refractivity contribution is 5.58. The topological polar surface area (TPSA) is 104 Å². The number of benzene rings is 1. The third-order valence-corrected chi connectivity index (χ3v) is 4.09. The average Bonchev–Trinajstić information content (AvgIpc) is 3.11. The Morgan fingerprint density at radius 3 is 2.41 bits per heavy atom. The molecule has 3 rings (SSSR count). The van der Waals surface area contributed by atoms with Gasteiger partial charge in [-0.05, 0) is 23.8 Å². The van der Waals surface area contributed by atoms with E-state index in [4.69, 9.17) is 9.47 Å². The van der Waals surface area contributed by atoms with Gasteiger partial charge in [0.1, 0.15) is 23.4 Å². The number of nitro groups is 1. The van der Waals surface area contributed by atoms with Gasteiger partial charge in [-0.2, -0.15) is 0 Å². The van der Waals surface area contributed by atoms with Crippen LogP contribution in [-0.2, 0) is 7.05 Å². The van der Waals surface area contributed by atoms with E-state index < -0.39 is 11.0 Å². The van der Waals surface area contributed by atoms with Crippen molar-refractivity contribution in [3.8, 4) is 11.5 Å². The maximum atomic E-state index is 11.4. The first-order valence-electron chi connectivity index (χ1n) is 8.09. The van der Waals surface area contributed by atoms with Gasteiger partial charge in [-0.25, -0.2) is 9.97 Å². The summed E-state index contributed by atoms with van der Waals surface area (Å²) in [5.74, 6) is 2.00. The molecule has 0 aliphatic carbocycles. The SMILES string of the molecule is COc1cc(OC)cc([C@@H](Nc2ncccc2[N+](=O)[O-])c2nccn2C)c1. The summed E-state index contributed by atoms with van der Waals surface area (Å²) in [6.07, 6.45) is 4.96. The number of hydrogen-bond donors (Lipinski definition) is 1. The molecular weight excluding hydrogens is 350 g/mol. The van der Waals surface area contributed by atoms with Crippen molar-refractivity contribution in [1.29, 1.82) is 0 Å². The molecule has 3 aromatic rings. The Morgan fingerprint density at radius 2 is 1.85 bits per heavy atom. The van der Waals surface area contributed by atoms with E-state index in [1.165, 1.54) is 18.3 Å². The molecule has 1 aromatic carbocycles. The molecule has 9 nitrogen and oxygen atoms in total. The number of ether oxygens (including phenoxy) is 2. The first-order chi connectivity index (χ1) is 13.0. The lowest BCUT2D eigenvalue weighted by Crippen LogP contribution is -2.18. The minimum atomic E-state index is -0.511. The minimum absolute atomic E-state index is 0.119. The highest BCUT2D eigenvalue weighted by Crippen LogP contribution is 2.33. The lowest BCUT2D eigenvalue weighted by Gasteiger charge is -2.21. The van der Waals surface area contributed by atoms with Gasteiger partial charge in [-0.1, -0.05) is 0 Å². The number of imidazole rings is 1. The summed E-state index contributed by atoms with van der Waals surface area (Å²) in [4.78, 5) is 19.4. The molecule has 2 aromatic heterocycles. The van der Waals surface area contributed by atoms with E-state index in [1.807, 2.05) is 23.7 Å². The fourth-order valence-electron chi connectivity index (χ4n) is 2.74. The molecule has 27 heavy (non-hydrogen) atoms. The number of aryl methyl sites for hydroxylation is 1. The van der Waals surface area contributed by atoms with E-state index in [0.29, 0.717) is 17.3 Å². The number of anilines is 1. The molecule has 0 saturated carbocycles. The Hall–Kier alpha value is -3.62. The van der Waals surface area contributed by atoms with Crippen molar-refractivity contribution in [2.45, 2.75) is 6.04 Å². The molecule has 0 aliphatic rings. The standard InChI is InChI=1S/C18H19N5O4/c1-22-8-7-20-18(22)16(12-9-13(26-2)11-14(10-12)27-3)21-17-15(23(24)25)5-4-6-19-17/h4-11,16H,1-3H3,(H,19,21)/t16-/m1/s1. The van der Waals surface area contributed by atoms with Gasteiger partial charge in [-0.3, -0.25) is 10.1 Å². The van der Waals surface area contributed by atoms with Crippen LogP contribution in [0.25, 0.3) is 0 Å². The third kappa shape index (κ3) is 3.81. The van der Waals surface area contributed by atoms with Gasteiger partial charge in [-0.15, -0.1) is 0 Å². The number of aromatic nitrogens is 3. The van der Waals surface area contributed by atoms with E-state index in [2.05, 4.69) is 15.3 Å². The van der Waals surface area contributed by atoms with Gasteiger partial charge >= 0.3 is 5.69 Å². The number of pyridine rings is 1. The zero-order chi connectivity index (χ0) is 19.4. The van der Waals surface area contributed by atoms with E-state index in [1.54, 1.807) is 32.7 Å². The third-order valence-electron chi connectivity index (χ3n) is 4.09. The second-order valence-electron chi connectivity index (χ2n) is 5.75. The Bertz CT molecular complexity index is 934. The summed E-state index contributed by atoms with van der Waals surface area (Å²) >= 11 is 0. The lowest BCUT2D eigenvalue weighted by molar-refractivity contribution is -0.384. The van der Waals surface area contributed by atoms with Crippen LogP contribution in [0.15, 0.2) is 48.9 Å². The van der Waals surface area contributed by atoms with Crippen LogP contribution in [0.2, 0.25) is 0 Å². The number of hydrogen-bond acceptors (Lipinski definition) is 7. The second kappa shape index (κ2) is 7.73. The molecule has 0 unspecified atom stereocenters. The van der Waals surface area contributed by atoms with Crippen LogP contribution in [0.1, 0.15) is 17.4 Å². The van der Waals surface area contributed by atoms with Gasteiger partial charge in [0.05, 0.1) is 19.1 Å². The summed E-state index contributed by atoms with van der Waals surface area (Å²) in [6, 6.07) is 7.81. The van der Waals surface area contributed by atoms with Crippen LogP contribution >= 0.6 is 0 Å². The highest BCUT2D eigenvalue weighted by atomic mass is 16.6. The van der Waals surface area contributed by atoms with Crippen molar-refractivity contribution >= 4 is 11.5 Å². The van der Waals surface area contributed by atoms with Gasteiger partial charge in [0, 0.05) is 37.8 Å². The van der Waals surface area contributed by atoms with E-state index in [-0.39, 0.29) is 11.5 Å². The Balaban J connectivity index is 2.12. The molecule has 2 heterocycles. The van der Waals surface area contributed by atoms with E-state index in [0.717, 1.165) is 5.56 Å². The summed E-state index contributed by atoms with van der Waals surface area (Å²) in [5.41, 5.74) is 0.645. The van der Waals surface area contributed by atoms with Gasteiger partial charge in [0.15, 0.2) is 0 Å². The van der Waals surface area contributed by atoms with E-state index >= 15 is 0 Å². The van der Waals surface area contributed by atoms with Gasteiger partial charge in [0.2, 0.25) is 5.82 Å². The molecule has 9 heteroatoms. The molecule has 0 saturated heterocycles. The maximum absolute atomic E-state index is 11.4. The van der Waals surface area contributed by atoms with Crippen LogP contribution in [0.5, 0.6) is 11.5 Å². The fraction of sp³-hybridized carbons (Fsp3) is 0.222. The predicted octanol–water partition coefficient (Wildman–Crippen LogP) is 2.94. The maximum Gasteiger partial charge on any atom is 0.311 e. The summed E-state index contributed by atoms with van der Waals surface area (Å²) in [5, 5.41) is 14.5. The fourth-order valence-corrected chi connectivity index (χ4v) is 2.74. The van der Waals surface area contributed by atoms with Crippen LogP contribution in [0, 0.1) is 10.1 Å². The van der Waals surface area contributed by atoms with Crippen molar-refractivity contribution in [2.24, 2.45) is 7.05 Å². The summed E-state index contributed by atoms with van der Waals surface area (Å²) in [6.45, 7) is 0. The van der Waals surface area contributed by atoms with Crippen LogP contribution < -0.4 is 14.8 Å². The Kier molecular flexibility index (Phi) is 5.20. The predicted molar refractivity (Wildman–Crippen MR) is 99.1 cm³/mol. The first-order valence-corrected chi connectivity index (χ1v) is 8.09. The molecule has 140 valence electrons. The second-order valence-corrected chi connectivity index (χ2v) is 5.75. The minimum Gasteiger partial charge on any atom is -0.497 e. The zero-order valence-corrected chi connectivity index (χ0v) is 15.1. The molecule has 0 bridgehead atoms. The first kappa shape index (κ1) is 18.2. The molecular formula is C18H19N5O4. The smallest absolute Gasteiger partial charge is 0.311 e. The molecule has 0 aliphatic heterocycles. The van der Waals surface area contributed by atoms with Crippen LogP contribution in [-0.4, -0.2) is 33.7 Å². The normalized spacial score (nSPS) is 11.7. The molecule has 1 N–H and O–H groups in total. The zero-order valence-electron chi connectivity index (χ0n) is 15.1. The van der Waals surface area contributed by atoms with Gasteiger partial charge in [0.25, 0.3) is 0 Å². The number of nitrogens with one attached hydrogen (secondary N) is 1. The number of nitrogens with zero attached hydrogens (tertiary/aromatic N) is 4. The number of rotatable bonds is 7. The largest absolute Gasteiger partial charge is 0.497 e. The molecule has 0 spiro atoms. The van der Waals surface area contributed by atoms with Crippen molar-refractivity contribution in [3.63, 3.8) is 0 Å². The molecule has 0 amide bonds. The number of methoxy groups -OCH3 is 2. The van der Waals surface area contributed by atoms with E-state index in [9.17, 15) is 10.1 Å². The Labute approximate surface area is 155 Å². The van der Waals surface area contributed by atoms with Crippen molar-refractivity contribution in [3.05, 3.63) is 70.4 Å². The Morgan fingerprint density at radius 1 is 1.15 bits per heavy atom. The van der Waals surface area contributed by atoms with Crippen LogP contribution in [0.3, 0.4) is 0 Å². The molecule has 0 fully saturated rings. The monoisotopic (exact) mass is 369 g/mol. The lowest BCUT2D eigenvalue weighted by atomic mass is 10.0. The quantitative estimate of drug-likeness (QED) is 0.504. The summed E-state index contributed by atoms with van der Waals surface area (Å²) < 4.78 is 12.5.